The van der Waals surface area contributed by atoms with Crippen molar-refractivity contribution < 1.29 is 19.8 Å². The number of Topliss-reactive ketones (excluding diaryl/α,β-unsaturated/α-hetero) is 1. The molecule has 0 aromatic heterocycles. The van der Waals surface area contributed by atoms with Gasteiger partial charge in [-0.25, -0.2) is 0 Å². The first-order valence-corrected chi connectivity index (χ1v) is 5.94. The molecule has 0 radical (unpaired) electrons. The van der Waals surface area contributed by atoms with Gasteiger partial charge in [0.05, 0.1) is 18.1 Å². The average molecular weight is 243 g/mol. The highest BCUT2D eigenvalue weighted by atomic mass is 16.3. The van der Waals surface area contributed by atoms with Gasteiger partial charge in [-0.1, -0.05) is 13.8 Å². The molecule has 1 heterocycles. The van der Waals surface area contributed by atoms with Crippen LogP contribution >= 0.6 is 0 Å². The summed E-state index contributed by atoms with van der Waals surface area (Å²) in [5, 5.41) is 19.3. The first kappa shape index (κ1) is 14.1. The van der Waals surface area contributed by atoms with Gasteiger partial charge >= 0.3 is 0 Å². The highest BCUT2D eigenvalue weighted by molar-refractivity contribution is 5.89. The van der Waals surface area contributed by atoms with Crippen molar-refractivity contribution in [3.8, 4) is 0 Å². The van der Waals surface area contributed by atoms with Crippen molar-refractivity contribution in [3.05, 3.63) is 0 Å². The summed E-state index contributed by atoms with van der Waals surface area (Å²) in [5.74, 6) is -1.17. The second-order valence-corrected chi connectivity index (χ2v) is 5.04. The van der Waals surface area contributed by atoms with Gasteiger partial charge in [-0.15, -0.1) is 0 Å². The lowest BCUT2D eigenvalue weighted by Crippen LogP contribution is -2.47. The zero-order chi connectivity index (χ0) is 13.3. The normalized spacial score (nSPS) is 32.4. The van der Waals surface area contributed by atoms with Crippen LogP contribution in [0.2, 0.25) is 0 Å². The standard InChI is InChI=1S/C12H21NO4/c1-6-5-13(10(9(4)15)11(6)16)12(17)7(2)8(3)14/h6-8,10-11,14,16H,5H2,1-4H3/t6-,7-,8+,10+,11-/m0/s1. The predicted octanol–water partition coefficient (Wildman–Crippen LogP) is -0.200. The molecule has 0 aromatic carbocycles. The molecule has 1 rings (SSSR count). The zero-order valence-electron chi connectivity index (χ0n) is 10.8. The molecule has 5 atom stereocenters. The van der Waals surface area contributed by atoms with Crippen LogP contribution in [0.3, 0.4) is 0 Å². The molecule has 98 valence electrons. The van der Waals surface area contributed by atoms with Gasteiger partial charge in [0.25, 0.3) is 0 Å². The van der Waals surface area contributed by atoms with E-state index in [1.165, 1.54) is 11.8 Å². The van der Waals surface area contributed by atoms with Gasteiger partial charge in [0.2, 0.25) is 5.91 Å². The van der Waals surface area contributed by atoms with Crippen LogP contribution in [-0.4, -0.2) is 51.6 Å². The number of hydrogen-bond acceptors (Lipinski definition) is 4. The number of likely N-dealkylation sites (tertiary alicyclic amines) is 1. The largest absolute Gasteiger partial charge is 0.393 e. The highest BCUT2D eigenvalue weighted by Gasteiger charge is 2.44. The molecule has 1 amide bonds. The molecule has 0 spiro atoms. The number of aliphatic hydroxyl groups excluding tert-OH is 2. The maximum absolute atomic E-state index is 12.1. The molecule has 0 saturated carbocycles. The van der Waals surface area contributed by atoms with Gasteiger partial charge in [0.1, 0.15) is 6.04 Å². The Kier molecular flexibility index (Phi) is 4.27. The number of nitrogens with zero attached hydrogens (tertiary/aromatic N) is 1. The summed E-state index contributed by atoms with van der Waals surface area (Å²) < 4.78 is 0. The molecule has 1 aliphatic heterocycles. The van der Waals surface area contributed by atoms with Gasteiger partial charge in [-0.05, 0) is 13.8 Å². The minimum atomic E-state index is -0.808. The van der Waals surface area contributed by atoms with Crippen LogP contribution in [-0.2, 0) is 9.59 Å². The van der Waals surface area contributed by atoms with E-state index in [9.17, 15) is 19.8 Å². The maximum Gasteiger partial charge on any atom is 0.228 e. The van der Waals surface area contributed by atoms with Gasteiger partial charge in [0, 0.05) is 12.5 Å². The van der Waals surface area contributed by atoms with Crippen molar-refractivity contribution in [1.82, 2.24) is 4.90 Å². The average Bonchev–Trinajstić information content (AvgIpc) is 2.53. The summed E-state index contributed by atoms with van der Waals surface area (Å²) in [6.07, 6.45) is -1.57. The molecule has 1 aliphatic rings. The second kappa shape index (κ2) is 5.14. The molecule has 0 aliphatic carbocycles. The third kappa shape index (κ3) is 2.66. The molecule has 5 heteroatoms. The topological polar surface area (TPSA) is 77.8 Å². The number of aliphatic hydroxyl groups is 2. The van der Waals surface area contributed by atoms with Gasteiger partial charge in [-0.2, -0.15) is 0 Å². The fourth-order valence-corrected chi connectivity index (χ4v) is 2.18. The number of ketones is 1. The molecule has 2 N–H and O–H groups in total. The lowest BCUT2D eigenvalue weighted by Gasteiger charge is -2.27. The number of carbonyl (C=O) groups excluding carboxylic acids is 2. The Morgan fingerprint density at radius 3 is 2.29 bits per heavy atom. The van der Waals surface area contributed by atoms with Crippen LogP contribution in [0.15, 0.2) is 0 Å². The number of amides is 1. The quantitative estimate of drug-likeness (QED) is 0.719. The maximum atomic E-state index is 12.1. The lowest BCUT2D eigenvalue weighted by molar-refractivity contribution is -0.144. The van der Waals surface area contributed by atoms with Crippen LogP contribution in [0, 0.1) is 11.8 Å². The monoisotopic (exact) mass is 243 g/mol. The minimum Gasteiger partial charge on any atom is -0.393 e. The Morgan fingerprint density at radius 1 is 1.35 bits per heavy atom. The molecule has 17 heavy (non-hydrogen) atoms. The van der Waals surface area contributed by atoms with E-state index in [1.54, 1.807) is 20.8 Å². The van der Waals surface area contributed by atoms with Gasteiger partial charge in [-0.3, -0.25) is 9.59 Å². The Hall–Kier alpha value is -0.940. The zero-order valence-corrected chi connectivity index (χ0v) is 10.8. The molecule has 1 saturated heterocycles. The van der Waals surface area contributed by atoms with E-state index < -0.39 is 24.2 Å². The molecule has 0 unspecified atom stereocenters. The van der Waals surface area contributed by atoms with Crippen LogP contribution in [0.1, 0.15) is 27.7 Å². The SMILES string of the molecule is CC(=O)[C@@H]1[C@@H](O)[C@@H](C)CN1C(=O)[C@@H](C)[C@@H](C)O. The number of rotatable bonds is 3. The summed E-state index contributed by atoms with van der Waals surface area (Å²) in [6.45, 7) is 6.71. The number of carbonyl (C=O) groups is 2. The van der Waals surface area contributed by atoms with Crippen LogP contribution in [0.5, 0.6) is 0 Å². The van der Waals surface area contributed by atoms with E-state index in [1.807, 2.05) is 0 Å². The lowest BCUT2D eigenvalue weighted by atomic mass is 10.0. The van der Waals surface area contributed by atoms with Crippen molar-refractivity contribution in [2.75, 3.05) is 6.54 Å². The van der Waals surface area contributed by atoms with Crippen LogP contribution in [0.25, 0.3) is 0 Å². The van der Waals surface area contributed by atoms with Crippen molar-refractivity contribution in [2.45, 2.75) is 45.9 Å². The Balaban J connectivity index is 2.89. The van der Waals surface area contributed by atoms with Crippen molar-refractivity contribution in [2.24, 2.45) is 11.8 Å². The Bertz CT molecular complexity index is 316. The molecule has 1 fully saturated rings. The second-order valence-electron chi connectivity index (χ2n) is 5.04. The smallest absolute Gasteiger partial charge is 0.228 e. The number of hydrogen-bond donors (Lipinski definition) is 2. The summed E-state index contributed by atoms with van der Waals surface area (Å²) >= 11 is 0. The van der Waals surface area contributed by atoms with Crippen LogP contribution in [0.4, 0.5) is 0 Å². The Morgan fingerprint density at radius 2 is 1.88 bits per heavy atom. The fourth-order valence-electron chi connectivity index (χ4n) is 2.18. The van der Waals surface area contributed by atoms with E-state index >= 15 is 0 Å². The summed E-state index contributed by atoms with van der Waals surface area (Å²) in [5.41, 5.74) is 0. The van der Waals surface area contributed by atoms with Gasteiger partial charge < -0.3 is 15.1 Å². The van der Waals surface area contributed by atoms with E-state index in [0.29, 0.717) is 6.54 Å². The fraction of sp³-hybridized carbons (Fsp3) is 0.833. The summed E-state index contributed by atoms with van der Waals surface area (Å²) in [6, 6.07) is -0.765. The van der Waals surface area contributed by atoms with E-state index in [-0.39, 0.29) is 17.6 Å². The van der Waals surface area contributed by atoms with E-state index in [0.717, 1.165) is 0 Å². The van der Waals surface area contributed by atoms with Crippen molar-refractivity contribution >= 4 is 11.7 Å². The van der Waals surface area contributed by atoms with Crippen LogP contribution < -0.4 is 0 Å². The molecule has 0 aromatic rings. The Labute approximate surface area is 101 Å². The third-order valence-electron chi connectivity index (χ3n) is 3.54. The third-order valence-corrected chi connectivity index (χ3v) is 3.54. The minimum absolute atomic E-state index is 0.117. The predicted molar refractivity (Wildman–Crippen MR) is 62.2 cm³/mol. The summed E-state index contributed by atoms with van der Waals surface area (Å²) in [4.78, 5) is 25.0. The highest BCUT2D eigenvalue weighted by Crippen LogP contribution is 2.26. The molecule has 0 bridgehead atoms. The van der Waals surface area contributed by atoms with E-state index in [2.05, 4.69) is 0 Å². The van der Waals surface area contributed by atoms with E-state index in [4.69, 9.17) is 0 Å². The molecule has 5 nitrogen and oxygen atoms in total. The summed E-state index contributed by atoms with van der Waals surface area (Å²) in [7, 11) is 0. The molecular formula is C12H21NO4. The van der Waals surface area contributed by atoms with Gasteiger partial charge in [0.15, 0.2) is 5.78 Å². The first-order valence-electron chi connectivity index (χ1n) is 5.94. The van der Waals surface area contributed by atoms with Crippen molar-refractivity contribution in [1.29, 1.82) is 0 Å². The molecular weight excluding hydrogens is 222 g/mol. The van der Waals surface area contributed by atoms with Crippen molar-refractivity contribution in [3.63, 3.8) is 0 Å². The first-order chi connectivity index (χ1) is 7.77.